The van der Waals surface area contributed by atoms with Crippen LogP contribution >= 0.6 is 11.3 Å². The molecule has 0 saturated carbocycles. The van der Waals surface area contributed by atoms with Gasteiger partial charge in [0.2, 0.25) is 5.91 Å². The van der Waals surface area contributed by atoms with Gasteiger partial charge in [-0.25, -0.2) is 4.39 Å². The first-order chi connectivity index (χ1) is 10.1. The molecule has 0 radical (unpaired) electrons. The summed E-state index contributed by atoms with van der Waals surface area (Å²) in [5, 5.41) is 0. The molecule has 0 bridgehead atoms. The molecule has 2 nitrogen and oxygen atoms in total. The zero-order chi connectivity index (χ0) is 15.2. The second-order valence-electron chi connectivity index (χ2n) is 4.89. The molecule has 2 rings (SSSR count). The molecule has 0 atom stereocenters. The molecule has 0 N–H and O–H groups in total. The molecule has 0 spiro atoms. The number of benzene rings is 1. The summed E-state index contributed by atoms with van der Waals surface area (Å²) in [6.45, 7) is 2.66. The number of hydrogen-bond acceptors (Lipinski definition) is 2. The molecule has 1 heterocycles. The maximum absolute atomic E-state index is 13.4. The summed E-state index contributed by atoms with van der Waals surface area (Å²) in [5.74, 6) is -0.253. The lowest BCUT2D eigenvalue weighted by atomic mass is 10.2. The van der Waals surface area contributed by atoms with Crippen LogP contribution in [0.1, 0.15) is 21.7 Å². The van der Waals surface area contributed by atoms with Crippen molar-refractivity contribution >= 4 is 23.3 Å². The van der Waals surface area contributed by atoms with E-state index in [-0.39, 0.29) is 18.1 Å². The zero-order valence-corrected chi connectivity index (χ0v) is 13.0. The van der Waals surface area contributed by atoms with Crippen molar-refractivity contribution < 1.29 is 9.18 Å². The summed E-state index contributed by atoms with van der Waals surface area (Å²) in [5.41, 5.74) is 0.502. The summed E-state index contributed by atoms with van der Waals surface area (Å²) >= 11 is 1.69. The number of thiophene rings is 1. The molecule has 0 aliphatic rings. The monoisotopic (exact) mass is 303 g/mol. The lowest BCUT2D eigenvalue weighted by Crippen LogP contribution is -2.24. The van der Waals surface area contributed by atoms with Crippen LogP contribution in [0.15, 0.2) is 42.5 Å². The third kappa shape index (κ3) is 4.53. The van der Waals surface area contributed by atoms with E-state index in [9.17, 15) is 9.18 Å². The van der Waals surface area contributed by atoms with Crippen LogP contribution in [0, 0.1) is 12.7 Å². The number of hydrogen-bond donors (Lipinski definition) is 0. The third-order valence-electron chi connectivity index (χ3n) is 3.11. The first-order valence-electron chi connectivity index (χ1n) is 6.76. The predicted molar refractivity (Wildman–Crippen MR) is 85.6 cm³/mol. The van der Waals surface area contributed by atoms with Crippen molar-refractivity contribution in [2.75, 3.05) is 7.05 Å². The van der Waals surface area contributed by atoms with E-state index in [1.807, 2.05) is 13.0 Å². The fourth-order valence-corrected chi connectivity index (χ4v) is 2.89. The Labute approximate surface area is 128 Å². The second-order valence-corrected chi connectivity index (χ2v) is 6.26. The number of carbonyl (C=O) groups excluding carboxylic acids is 1. The van der Waals surface area contributed by atoms with Crippen LogP contribution in [-0.4, -0.2) is 17.9 Å². The van der Waals surface area contributed by atoms with Gasteiger partial charge in [-0.05, 0) is 25.1 Å². The van der Waals surface area contributed by atoms with E-state index in [1.54, 1.807) is 53.6 Å². The van der Waals surface area contributed by atoms with Crippen LogP contribution in [0.2, 0.25) is 0 Å². The summed E-state index contributed by atoms with van der Waals surface area (Å²) < 4.78 is 13.4. The zero-order valence-electron chi connectivity index (χ0n) is 12.2. The molecule has 0 fully saturated rings. The van der Waals surface area contributed by atoms with Crippen molar-refractivity contribution in [1.82, 2.24) is 4.90 Å². The van der Waals surface area contributed by atoms with Gasteiger partial charge in [-0.3, -0.25) is 4.79 Å². The molecule has 0 saturated heterocycles. The molecule has 2 aromatic rings. The smallest absolute Gasteiger partial charge is 0.226 e. The standard InChI is InChI=1S/C17H18FNOS/c1-13-10-11-15(21-13)12-19(2)17(20)9-5-7-14-6-3-4-8-16(14)18/h3-8,10-11H,9,12H2,1-2H3. The molecule has 0 unspecified atom stereocenters. The van der Waals surface area contributed by atoms with Crippen molar-refractivity contribution in [2.45, 2.75) is 19.9 Å². The number of aryl methyl sites for hydroxylation is 1. The van der Waals surface area contributed by atoms with Crippen molar-refractivity contribution in [3.8, 4) is 0 Å². The molecule has 0 aliphatic carbocycles. The number of amides is 1. The highest BCUT2D eigenvalue weighted by atomic mass is 32.1. The first kappa shape index (κ1) is 15.4. The highest BCUT2D eigenvalue weighted by molar-refractivity contribution is 7.11. The van der Waals surface area contributed by atoms with Crippen molar-refractivity contribution in [3.05, 3.63) is 63.6 Å². The Hall–Kier alpha value is -1.94. The molecule has 0 aliphatic heterocycles. The normalized spacial score (nSPS) is 11.0. The molecule has 110 valence electrons. The van der Waals surface area contributed by atoms with E-state index in [4.69, 9.17) is 0 Å². The third-order valence-corrected chi connectivity index (χ3v) is 4.10. The van der Waals surface area contributed by atoms with E-state index in [1.165, 1.54) is 15.8 Å². The lowest BCUT2D eigenvalue weighted by Gasteiger charge is -2.15. The number of halogens is 1. The van der Waals surface area contributed by atoms with Gasteiger partial charge in [0, 0.05) is 28.8 Å². The largest absolute Gasteiger partial charge is 0.340 e. The molecule has 1 aromatic carbocycles. The Morgan fingerprint density at radius 3 is 2.71 bits per heavy atom. The average Bonchev–Trinajstić information content (AvgIpc) is 2.86. The first-order valence-corrected chi connectivity index (χ1v) is 7.58. The Bertz CT molecular complexity index is 648. The summed E-state index contributed by atoms with van der Waals surface area (Å²) in [7, 11) is 1.79. The van der Waals surface area contributed by atoms with E-state index >= 15 is 0 Å². The van der Waals surface area contributed by atoms with Crippen LogP contribution in [0.3, 0.4) is 0 Å². The van der Waals surface area contributed by atoms with Crippen LogP contribution in [0.25, 0.3) is 6.08 Å². The highest BCUT2D eigenvalue weighted by Crippen LogP contribution is 2.17. The minimum Gasteiger partial charge on any atom is -0.340 e. The van der Waals surface area contributed by atoms with Gasteiger partial charge in [0.25, 0.3) is 0 Å². The molecule has 1 amide bonds. The molecular formula is C17H18FNOS. The van der Waals surface area contributed by atoms with Gasteiger partial charge in [0.05, 0.1) is 6.54 Å². The Morgan fingerprint density at radius 1 is 1.29 bits per heavy atom. The number of nitrogens with zero attached hydrogens (tertiary/aromatic N) is 1. The minimum absolute atomic E-state index is 0.0219. The van der Waals surface area contributed by atoms with Crippen LogP contribution in [-0.2, 0) is 11.3 Å². The van der Waals surface area contributed by atoms with Crippen LogP contribution < -0.4 is 0 Å². The fourth-order valence-electron chi connectivity index (χ4n) is 1.94. The summed E-state index contributed by atoms with van der Waals surface area (Å²) in [6, 6.07) is 10.6. The summed E-state index contributed by atoms with van der Waals surface area (Å²) in [6.07, 6.45) is 3.63. The second kappa shape index (κ2) is 7.18. The molecular weight excluding hydrogens is 285 g/mol. The maximum Gasteiger partial charge on any atom is 0.226 e. The van der Waals surface area contributed by atoms with Gasteiger partial charge < -0.3 is 4.90 Å². The van der Waals surface area contributed by atoms with Gasteiger partial charge in [-0.15, -0.1) is 11.3 Å². The SMILES string of the molecule is Cc1ccc(CN(C)C(=O)CC=Cc2ccccc2F)s1. The van der Waals surface area contributed by atoms with Gasteiger partial charge in [-0.2, -0.15) is 0 Å². The summed E-state index contributed by atoms with van der Waals surface area (Å²) in [4.78, 5) is 16.1. The van der Waals surface area contributed by atoms with Crippen molar-refractivity contribution in [1.29, 1.82) is 0 Å². The fraction of sp³-hybridized carbons (Fsp3) is 0.235. The topological polar surface area (TPSA) is 20.3 Å². The number of rotatable bonds is 5. The van der Waals surface area contributed by atoms with E-state index < -0.39 is 0 Å². The molecule has 1 aromatic heterocycles. The van der Waals surface area contributed by atoms with Gasteiger partial charge in [0.1, 0.15) is 5.82 Å². The predicted octanol–water partition coefficient (Wildman–Crippen LogP) is 4.26. The minimum atomic E-state index is -0.274. The highest BCUT2D eigenvalue weighted by Gasteiger charge is 2.08. The Morgan fingerprint density at radius 2 is 2.05 bits per heavy atom. The van der Waals surface area contributed by atoms with Gasteiger partial charge in [0.15, 0.2) is 0 Å². The van der Waals surface area contributed by atoms with Crippen LogP contribution in [0.4, 0.5) is 4.39 Å². The Balaban J connectivity index is 1.88. The van der Waals surface area contributed by atoms with Gasteiger partial charge >= 0.3 is 0 Å². The molecule has 21 heavy (non-hydrogen) atoms. The quantitative estimate of drug-likeness (QED) is 0.808. The van der Waals surface area contributed by atoms with Gasteiger partial charge in [-0.1, -0.05) is 30.4 Å². The van der Waals surface area contributed by atoms with E-state index in [0.717, 1.165) is 0 Å². The van der Waals surface area contributed by atoms with E-state index in [2.05, 4.69) is 6.07 Å². The maximum atomic E-state index is 13.4. The molecule has 4 heteroatoms. The van der Waals surface area contributed by atoms with Crippen molar-refractivity contribution in [2.24, 2.45) is 0 Å². The van der Waals surface area contributed by atoms with Crippen LogP contribution in [0.5, 0.6) is 0 Å². The van der Waals surface area contributed by atoms with Crippen molar-refractivity contribution in [3.63, 3.8) is 0 Å². The lowest BCUT2D eigenvalue weighted by molar-refractivity contribution is -0.129. The average molecular weight is 303 g/mol. The Kier molecular flexibility index (Phi) is 5.28. The number of carbonyl (C=O) groups is 1. The van der Waals surface area contributed by atoms with E-state index in [0.29, 0.717) is 12.1 Å².